The summed E-state index contributed by atoms with van der Waals surface area (Å²) in [5.41, 5.74) is 2.61. The van der Waals surface area contributed by atoms with Crippen molar-refractivity contribution >= 4 is 16.0 Å². The third-order valence-corrected chi connectivity index (χ3v) is 7.15. The Kier molecular flexibility index (Phi) is 8.28. The Bertz CT molecular complexity index is 1510. The van der Waals surface area contributed by atoms with Gasteiger partial charge < -0.3 is 14.1 Å². The number of para-hydroxylation sites is 1. The predicted molar refractivity (Wildman–Crippen MR) is 142 cm³/mol. The maximum absolute atomic E-state index is 13.3. The number of hydrogen-bond donors (Lipinski definition) is 1. The van der Waals surface area contributed by atoms with E-state index in [9.17, 15) is 18.3 Å². The molecule has 0 atom stereocenters. The quantitative estimate of drug-likeness (QED) is 0.227. The second-order valence-corrected chi connectivity index (χ2v) is 10.2. The molecule has 0 radical (unpaired) electrons. The minimum absolute atomic E-state index is 0.000659. The van der Waals surface area contributed by atoms with Crippen LogP contribution >= 0.6 is 0 Å². The van der Waals surface area contributed by atoms with Crippen molar-refractivity contribution in [1.29, 1.82) is 0 Å². The minimum Gasteiger partial charge on any atom is -0.507 e. The molecular weight excluding hydrogens is 504 g/mol. The number of rotatable bonds is 10. The van der Waals surface area contributed by atoms with Crippen molar-refractivity contribution in [2.75, 3.05) is 0 Å². The first kappa shape index (κ1) is 26.7. The van der Waals surface area contributed by atoms with Gasteiger partial charge in [-0.15, -0.1) is 0 Å². The molecule has 9 heteroatoms. The van der Waals surface area contributed by atoms with Crippen molar-refractivity contribution in [2.24, 2.45) is 0 Å². The summed E-state index contributed by atoms with van der Waals surface area (Å²) in [4.78, 5) is 23.2. The van der Waals surface area contributed by atoms with Crippen LogP contribution in [-0.2, 0) is 34.3 Å². The van der Waals surface area contributed by atoms with Crippen LogP contribution in [0.15, 0.2) is 96.2 Å². The molecule has 3 aromatic carbocycles. The van der Waals surface area contributed by atoms with Gasteiger partial charge in [0.1, 0.15) is 10.6 Å². The number of aromatic hydroxyl groups is 1. The van der Waals surface area contributed by atoms with Crippen LogP contribution in [0.25, 0.3) is 0 Å². The van der Waals surface area contributed by atoms with Crippen LogP contribution in [0.1, 0.15) is 29.2 Å². The highest BCUT2D eigenvalue weighted by Gasteiger charge is 2.25. The summed E-state index contributed by atoms with van der Waals surface area (Å²) in [5, 5.41) is 11.8. The Hall–Kier alpha value is -4.37. The van der Waals surface area contributed by atoms with Crippen molar-refractivity contribution in [2.45, 2.75) is 38.1 Å². The first-order valence-electron chi connectivity index (χ1n) is 12.0. The van der Waals surface area contributed by atoms with Crippen LogP contribution in [0.4, 0.5) is 0 Å². The van der Waals surface area contributed by atoms with Crippen LogP contribution < -0.4 is 9.02 Å². The van der Waals surface area contributed by atoms with E-state index < -0.39 is 16.0 Å². The highest BCUT2D eigenvalue weighted by molar-refractivity contribution is 7.87. The lowest BCUT2D eigenvalue weighted by Gasteiger charge is -2.24. The van der Waals surface area contributed by atoms with E-state index in [1.165, 1.54) is 24.3 Å². The monoisotopic (exact) mass is 532 g/mol. The number of aromatic nitrogens is 1. The Morgan fingerprint density at radius 1 is 1.00 bits per heavy atom. The fourth-order valence-corrected chi connectivity index (χ4v) is 4.84. The highest BCUT2D eigenvalue weighted by atomic mass is 32.2. The van der Waals surface area contributed by atoms with Gasteiger partial charge in [0, 0.05) is 12.4 Å². The van der Waals surface area contributed by atoms with Gasteiger partial charge in [0.05, 0.1) is 18.5 Å². The Morgan fingerprint density at radius 2 is 1.79 bits per heavy atom. The van der Waals surface area contributed by atoms with E-state index in [1.54, 1.807) is 60.9 Å². The maximum Gasteiger partial charge on any atom is 0.339 e. The molecule has 4 aromatic rings. The summed E-state index contributed by atoms with van der Waals surface area (Å²) in [5.74, 6) is -0.388. The Labute approximate surface area is 222 Å². The number of phenolic OH excluding ortho intramolecular Hbond substituents is 1. The largest absolute Gasteiger partial charge is 0.507 e. The smallest absolute Gasteiger partial charge is 0.339 e. The van der Waals surface area contributed by atoms with Crippen molar-refractivity contribution < 1.29 is 27.3 Å². The maximum atomic E-state index is 13.3. The van der Waals surface area contributed by atoms with Crippen LogP contribution in [0.2, 0.25) is 0 Å². The molecule has 8 nitrogen and oxygen atoms in total. The van der Waals surface area contributed by atoms with E-state index in [0.29, 0.717) is 17.7 Å². The third kappa shape index (κ3) is 6.49. The molecule has 0 aliphatic rings. The van der Waals surface area contributed by atoms with Gasteiger partial charge in [0.15, 0.2) is 11.5 Å². The van der Waals surface area contributed by atoms with Gasteiger partial charge in [-0.25, -0.2) is 0 Å². The molecule has 1 heterocycles. The zero-order valence-corrected chi connectivity index (χ0v) is 21.9. The molecule has 0 aliphatic heterocycles. The van der Waals surface area contributed by atoms with Crippen molar-refractivity contribution in [3.8, 4) is 17.2 Å². The van der Waals surface area contributed by atoms with Crippen molar-refractivity contribution in [1.82, 2.24) is 10.0 Å². The van der Waals surface area contributed by atoms with E-state index >= 15 is 0 Å². The molecule has 0 saturated carbocycles. The first-order chi connectivity index (χ1) is 18.3. The van der Waals surface area contributed by atoms with E-state index in [1.807, 2.05) is 19.9 Å². The second-order valence-electron chi connectivity index (χ2n) is 8.61. The summed E-state index contributed by atoms with van der Waals surface area (Å²) in [6.45, 7) is 3.57. The standard InChI is InChI=1S/C29H28N2O6S/c1-3-23-18-25(15-14-21(23)2)38(34,35)37-28-13-7-12-27(32)26(28)20-31(36-24-10-5-4-6-11-24)29(33)17-22-9-8-16-30-19-22/h4-16,18-19,32H,3,17,20H2,1-2H3. The molecule has 38 heavy (non-hydrogen) atoms. The number of pyridine rings is 1. The summed E-state index contributed by atoms with van der Waals surface area (Å²) in [6.07, 6.45) is 3.82. The second kappa shape index (κ2) is 11.8. The number of phenols is 1. The van der Waals surface area contributed by atoms with E-state index in [-0.39, 0.29) is 34.9 Å². The lowest BCUT2D eigenvalue weighted by atomic mass is 10.1. The van der Waals surface area contributed by atoms with Gasteiger partial charge in [-0.05, 0) is 72.5 Å². The zero-order chi connectivity index (χ0) is 27.1. The van der Waals surface area contributed by atoms with Gasteiger partial charge in [-0.1, -0.05) is 43.3 Å². The number of carbonyl (C=O) groups is 1. The number of nitrogens with zero attached hydrogens (tertiary/aromatic N) is 2. The molecule has 0 spiro atoms. The van der Waals surface area contributed by atoms with E-state index in [0.717, 1.165) is 16.2 Å². The molecule has 0 fully saturated rings. The molecule has 1 aromatic heterocycles. The topological polar surface area (TPSA) is 106 Å². The normalized spacial score (nSPS) is 11.1. The summed E-state index contributed by atoms with van der Waals surface area (Å²) in [7, 11) is -4.23. The van der Waals surface area contributed by atoms with Gasteiger partial charge in [0.2, 0.25) is 0 Å². The molecule has 0 aliphatic carbocycles. The van der Waals surface area contributed by atoms with Crippen LogP contribution in [0.5, 0.6) is 17.2 Å². The molecule has 1 N–H and O–H groups in total. The fraction of sp³-hybridized carbons (Fsp3) is 0.172. The lowest BCUT2D eigenvalue weighted by molar-refractivity contribution is -0.158. The van der Waals surface area contributed by atoms with Crippen LogP contribution in [0, 0.1) is 6.92 Å². The number of benzene rings is 3. The number of hydroxylamine groups is 2. The molecule has 0 saturated heterocycles. The number of aryl methyl sites for hydroxylation is 2. The molecule has 0 unspecified atom stereocenters. The zero-order valence-electron chi connectivity index (χ0n) is 21.1. The van der Waals surface area contributed by atoms with Crippen molar-refractivity contribution in [3.63, 3.8) is 0 Å². The third-order valence-electron chi connectivity index (χ3n) is 5.91. The van der Waals surface area contributed by atoms with E-state index in [4.69, 9.17) is 9.02 Å². The lowest BCUT2D eigenvalue weighted by Crippen LogP contribution is -2.35. The van der Waals surface area contributed by atoms with Gasteiger partial charge in [0.25, 0.3) is 5.91 Å². The van der Waals surface area contributed by atoms with Gasteiger partial charge >= 0.3 is 10.1 Å². The summed E-state index contributed by atoms with van der Waals surface area (Å²) < 4.78 is 31.8. The molecular formula is C29H28N2O6S. The molecule has 4 rings (SSSR count). The molecule has 196 valence electrons. The van der Waals surface area contributed by atoms with Crippen LogP contribution in [-0.4, -0.2) is 29.5 Å². The average molecular weight is 533 g/mol. The summed E-state index contributed by atoms with van der Waals surface area (Å²) >= 11 is 0. The minimum atomic E-state index is -4.23. The average Bonchev–Trinajstić information content (AvgIpc) is 2.91. The van der Waals surface area contributed by atoms with Gasteiger partial charge in [-0.2, -0.15) is 13.5 Å². The van der Waals surface area contributed by atoms with Crippen LogP contribution in [0.3, 0.4) is 0 Å². The van der Waals surface area contributed by atoms with Crippen molar-refractivity contribution in [3.05, 3.63) is 114 Å². The molecule has 0 bridgehead atoms. The highest BCUT2D eigenvalue weighted by Crippen LogP contribution is 2.32. The number of hydrogen-bond acceptors (Lipinski definition) is 7. The fourth-order valence-electron chi connectivity index (χ4n) is 3.83. The summed E-state index contributed by atoms with van der Waals surface area (Å²) in [6, 6.07) is 21.2. The SMILES string of the molecule is CCc1cc(S(=O)(=O)Oc2cccc(O)c2CN(Oc2ccccc2)C(=O)Cc2cccnc2)ccc1C. The number of amides is 1. The first-order valence-corrected chi connectivity index (χ1v) is 13.4. The van der Waals surface area contributed by atoms with E-state index in [2.05, 4.69) is 4.98 Å². The molecule has 1 amide bonds. The predicted octanol–water partition coefficient (Wildman–Crippen LogP) is 4.99. The number of carbonyl (C=O) groups excluding carboxylic acids is 1. The Morgan fingerprint density at radius 3 is 2.50 bits per heavy atom. The van der Waals surface area contributed by atoms with Gasteiger partial charge in [-0.3, -0.25) is 9.78 Å². The Balaban J connectivity index is 1.66.